The molecule has 4 nitrogen and oxygen atoms in total. The van der Waals surface area contributed by atoms with Crippen molar-refractivity contribution < 1.29 is 45.8 Å². The van der Waals surface area contributed by atoms with E-state index in [1.807, 2.05) is 0 Å². The number of rotatable bonds is 6. The van der Waals surface area contributed by atoms with Crippen LogP contribution in [-0.4, -0.2) is 31.4 Å². The fraction of sp³-hybridized carbons (Fsp3) is 0.222. The standard InChI is InChI=1S/C18H13AsF6O4/c1-2-15(26)19-14-4-3-11(8-13(14)16(27)28)29-12-6-9(17(20,21)22)5-10(7-12)18(23,24)25/h3-8,19H,2H2,1H3,(H,27,28). The van der Waals surface area contributed by atoms with Gasteiger partial charge in [-0.15, -0.1) is 0 Å². The Morgan fingerprint density at radius 2 is 1.48 bits per heavy atom. The Balaban J connectivity index is 2.46. The zero-order chi connectivity index (χ0) is 22.0. The van der Waals surface area contributed by atoms with Crippen LogP contribution in [0.25, 0.3) is 0 Å². The van der Waals surface area contributed by atoms with Gasteiger partial charge in [0.1, 0.15) is 0 Å². The predicted molar refractivity (Wildman–Crippen MR) is 92.0 cm³/mol. The van der Waals surface area contributed by atoms with Crippen LogP contribution in [0.15, 0.2) is 36.4 Å². The summed E-state index contributed by atoms with van der Waals surface area (Å²) in [6.07, 6.45) is -9.86. The van der Waals surface area contributed by atoms with Crippen molar-refractivity contribution in [3.8, 4) is 11.5 Å². The van der Waals surface area contributed by atoms with Crippen LogP contribution in [-0.2, 0) is 17.1 Å². The number of carbonyl (C=O) groups is 2. The molecule has 2 rings (SSSR count). The van der Waals surface area contributed by atoms with E-state index in [2.05, 4.69) is 0 Å². The van der Waals surface area contributed by atoms with E-state index in [0.29, 0.717) is 12.1 Å². The fourth-order valence-electron chi connectivity index (χ4n) is 2.23. The molecular formula is C18H13AsF6O4. The fourth-order valence-corrected chi connectivity index (χ4v) is 4.24. The Bertz CT molecular complexity index is 905. The molecule has 1 N–H and O–H groups in total. The first-order chi connectivity index (χ1) is 13.3. The van der Waals surface area contributed by atoms with E-state index in [1.165, 1.54) is 12.1 Å². The SMILES string of the molecule is CCC(=O)[AsH]c1ccc(Oc2cc(C(F)(F)F)cc(C(F)(F)F)c2)cc1C(=O)O. The zero-order valence-corrected chi connectivity index (χ0v) is 16.7. The molecule has 0 bridgehead atoms. The molecule has 0 heterocycles. The van der Waals surface area contributed by atoms with E-state index in [4.69, 9.17) is 4.74 Å². The molecule has 0 aromatic heterocycles. The number of alkyl halides is 6. The molecule has 0 aliphatic heterocycles. The van der Waals surface area contributed by atoms with Crippen LogP contribution in [0.2, 0.25) is 0 Å². The van der Waals surface area contributed by atoms with Crippen molar-refractivity contribution in [2.45, 2.75) is 25.7 Å². The third-order valence-corrected chi connectivity index (χ3v) is 6.42. The number of aromatic carboxylic acids is 1. The average Bonchev–Trinajstić information content (AvgIpc) is 2.61. The van der Waals surface area contributed by atoms with Crippen molar-refractivity contribution in [3.05, 3.63) is 53.1 Å². The first-order valence-electron chi connectivity index (χ1n) is 7.95. The van der Waals surface area contributed by atoms with Gasteiger partial charge in [-0.25, -0.2) is 0 Å². The first kappa shape index (κ1) is 22.8. The number of halogens is 6. The molecule has 0 radical (unpaired) electrons. The van der Waals surface area contributed by atoms with E-state index in [9.17, 15) is 41.0 Å². The van der Waals surface area contributed by atoms with E-state index >= 15 is 0 Å². The number of ether oxygens (including phenoxy) is 1. The van der Waals surface area contributed by atoms with Gasteiger partial charge in [-0.1, -0.05) is 0 Å². The van der Waals surface area contributed by atoms with Crippen molar-refractivity contribution in [2.24, 2.45) is 0 Å². The quantitative estimate of drug-likeness (QED) is 0.495. The summed E-state index contributed by atoms with van der Waals surface area (Å²) in [4.78, 5) is 23.0. The van der Waals surface area contributed by atoms with Crippen molar-refractivity contribution >= 4 is 30.6 Å². The van der Waals surface area contributed by atoms with Gasteiger partial charge in [0, 0.05) is 0 Å². The summed E-state index contributed by atoms with van der Waals surface area (Å²) < 4.78 is 82.8. The maximum absolute atomic E-state index is 12.9. The maximum atomic E-state index is 12.9. The van der Waals surface area contributed by atoms with Crippen molar-refractivity contribution in [1.29, 1.82) is 0 Å². The minimum atomic E-state index is -5.04. The van der Waals surface area contributed by atoms with Gasteiger partial charge in [-0.05, 0) is 0 Å². The molecule has 0 spiro atoms. The Labute approximate surface area is 167 Å². The van der Waals surface area contributed by atoms with Crippen LogP contribution in [0.5, 0.6) is 11.5 Å². The third kappa shape index (κ3) is 6.00. The molecule has 2 aromatic carbocycles. The molecule has 0 saturated heterocycles. The van der Waals surface area contributed by atoms with E-state index in [-0.39, 0.29) is 32.7 Å². The Hall–Kier alpha value is -2.48. The Kier molecular flexibility index (Phi) is 6.67. The van der Waals surface area contributed by atoms with Gasteiger partial charge in [-0.3, -0.25) is 0 Å². The molecule has 0 aliphatic carbocycles. The van der Waals surface area contributed by atoms with Crippen LogP contribution in [0.3, 0.4) is 0 Å². The van der Waals surface area contributed by atoms with Crippen LogP contribution in [0, 0.1) is 0 Å². The minimum absolute atomic E-state index is 0.0416. The van der Waals surface area contributed by atoms with Crippen LogP contribution >= 0.6 is 0 Å². The number of carboxylic acid groups (broad SMARTS) is 1. The van der Waals surface area contributed by atoms with Crippen LogP contribution < -0.4 is 9.09 Å². The van der Waals surface area contributed by atoms with Crippen molar-refractivity contribution in [2.75, 3.05) is 0 Å². The second-order valence-electron chi connectivity index (χ2n) is 5.76. The molecule has 2 aromatic rings. The molecule has 29 heavy (non-hydrogen) atoms. The molecule has 11 heteroatoms. The van der Waals surface area contributed by atoms with Crippen molar-refractivity contribution in [1.82, 2.24) is 0 Å². The topological polar surface area (TPSA) is 63.6 Å². The summed E-state index contributed by atoms with van der Waals surface area (Å²) in [6, 6.07) is 4.18. The summed E-state index contributed by atoms with van der Waals surface area (Å²) >= 11 is -1.43. The average molecular weight is 482 g/mol. The Morgan fingerprint density at radius 1 is 0.931 bits per heavy atom. The first-order valence-corrected chi connectivity index (χ1v) is 10.1. The number of carbonyl (C=O) groups excluding carboxylic acids is 1. The van der Waals surface area contributed by atoms with Crippen molar-refractivity contribution in [3.63, 3.8) is 0 Å². The van der Waals surface area contributed by atoms with Gasteiger partial charge in [-0.2, -0.15) is 0 Å². The van der Waals surface area contributed by atoms with Gasteiger partial charge in [0.25, 0.3) is 0 Å². The zero-order valence-electron chi connectivity index (χ0n) is 14.6. The molecule has 0 saturated carbocycles. The normalized spacial score (nSPS) is 12.4. The van der Waals surface area contributed by atoms with Gasteiger partial charge in [0.05, 0.1) is 0 Å². The van der Waals surface area contributed by atoms with Crippen LogP contribution in [0.1, 0.15) is 34.8 Å². The number of benzene rings is 2. The van der Waals surface area contributed by atoms with Gasteiger partial charge < -0.3 is 0 Å². The molecular weight excluding hydrogens is 469 g/mol. The van der Waals surface area contributed by atoms with Crippen LogP contribution in [0.4, 0.5) is 26.3 Å². The van der Waals surface area contributed by atoms with Gasteiger partial charge in [0.2, 0.25) is 0 Å². The molecule has 0 amide bonds. The second kappa shape index (κ2) is 8.49. The summed E-state index contributed by atoms with van der Waals surface area (Å²) in [5.41, 5.74) is -3.40. The van der Waals surface area contributed by atoms with Gasteiger partial charge in [0.15, 0.2) is 0 Å². The van der Waals surface area contributed by atoms with E-state index in [0.717, 1.165) is 6.07 Å². The van der Waals surface area contributed by atoms with E-state index in [1.54, 1.807) is 6.92 Å². The molecule has 1 atom stereocenters. The van der Waals surface area contributed by atoms with E-state index < -0.39 is 51.0 Å². The third-order valence-electron chi connectivity index (χ3n) is 3.61. The molecule has 0 fully saturated rings. The number of carboxylic acids is 1. The molecule has 0 aliphatic rings. The summed E-state index contributed by atoms with van der Waals surface area (Å²) in [5, 5.41) is 9.30. The number of hydrogen-bond donors (Lipinski definition) is 1. The molecule has 156 valence electrons. The second-order valence-corrected chi connectivity index (χ2v) is 8.58. The predicted octanol–water partition coefficient (Wildman–Crippen LogP) is 4.21. The monoisotopic (exact) mass is 482 g/mol. The van der Waals surface area contributed by atoms with Gasteiger partial charge >= 0.3 is 167 Å². The summed E-state index contributed by atoms with van der Waals surface area (Å²) in [5.74, 6) is -2.41. The summed E-state index contributed by atoms with van der Waals surface area (Å²) in [7, 11) is 0. The Morgan fingerprint density at radius 3 is 1.93 bits per heavy atom. The summed E-state index contributed by atoms with van der Waals surface area (Å²) in [6.45, 7) is 1.62. The number of hydrogen-bond acceptors (Lipinski definition) is 3. The molecule has 1 unspecified atom stereocenters.